The Morgan fingerprint density at radius 3 is 3.05 bits per heavy atom. The van der Waals surface area contributed by atoms with E-state index in [1.54, 1.807) is 6.92 Å². The fraction of sp³-hybridized carbons (Fsp3) is 0.182. The summed E-state index contributed by atoms with van der Waals surface area (Å²) in [5.41, 5.74) is -0.0742. The Hall–Kier alpha value is -2.55. The zero-order valence-corrected chi connectivity index (χ0v) is 11.1. The summed E-state index contributed by atoms with van der Waals surface area (Å²) in [5, 5.41) is 20.4. The van der Waals surface area contributed by atoms with E-state index in [1.807, 2.05) is 17.5 Å². The molecule has 3 aromatic rings. The highest BCUT2D eigenvalue weighted by molar-refractivity contribution is 7.13. The van der Waals surface area contributed by atoms with Crippen LogP contribution in [0.4, 0.5) is 5.69 Å². The molecule has 0 aromatic carbocycles. The normalized spacial score (nSPS) is 12.4. The van der Waals surface area contributed by atoms with Crippen LogP contribution in [0, 0.1) is 10.1 Å². The SMILES string of the molecule is CC(c1nc(-c2cccs2)no1)n1cc([N+](=O)[O-])cn1. The lowest BCUT2D eigenvalue weighted by molar-refractivity contribution is -0.385. The van der Waals surface area contributed by atoms with Crippen molar-refractivity contribution in [1.82, 2.24) is 19.9 Å². The standard InChI is InChI=1S/C11H9N5O3S/c1-7(15-6-8(5-12-15)16(17)18)11-13-10(14-19-11)9-3-2-4-20-9/h2-7H,1H3. The van der Waals surface area contributed by atoms with Crippen molar-refractivity contribution in [3.8, 4) is 10.7 Å². The zero-order chi connectivity index (χ0) is 14.1. The van der Waals surface area contributed by atoms with Crippen LogP contribution in [0.5, 0.6) is 0 Å². The van der Waals surface area contributed by atoms with Crippen molar-refractivity contribution in [2.45, 2.75) is 13.0 Å². The van der Waals surface area contributed by atoms with Crippen molar-refractivity contribution >= 4 is 17.0 Å². The van der Waals surface area contributed by atoms with Gasteiger partial charge in [0, 0.05) is 0 Å². The molecule has 0 aliphatic rings. The number of thiophene rings is 1. The molecule has 8 nitrogen and oxygen atoms in total. The van der Waals surface area contributed by atoms with Crippen LogP contribution >= 0.6 is 11.3 Å². The number of hydrogen-bond donors (Lipinski definition) is 0. The van der Waals surface area contributed by atoms with E-state index in [0.717, 1.165) is 4.88 Å². The molecule has 3 heterocycles. The minimum Gasteiger partial charge on any atom is -0.337 e. The zero-order valence-electron chi connectivity index (χ0n) is 10.3. The van der Waals surface area contributed by atoms with E-state index in [1.165, 1.54) is 28.4 Å². The molecule has 0 aliphatic carbocycles. The lowest BCUT2D eigenvalue weighted by Gasteiger charge is -2.04. The fourth-order valence-electron chi connectivity index (χ4n) is 1.66. The van der Waals surface area contributed by atoms with Crippen LogP contribution in [-0.4, -0.2) is 24.8 Å². The number of nitro groups is 1. The molecule has 0 N–H and O–H groups in total. The van der Waals surface area contributed by atoms with Gasteiger partial charge in [-0.3, -0.25) is 14.8 Å². The predicted molar refractivity (Wildman–Crippen MR) is 70.3 cm³/mol. The second-order valence-electron chi connectivity index (χ2n) is 4.05. The molecular formula is C11H9N5O3S. The van der Waals surface area contributed by atoms with Crippen molar-refractivity contribution in [2.24, 2.45) is 0 Å². The molecule has 3 aromatic heterocycles. The molecule has 0 fully saturated rings. The molecule has 0 saturated heterocycles. The maximum atomic E-state index is 10.6. The number of nitrogens with zero attached hydrogens (tertiary/aromatic N) is 5. The molecule has 1 atom stereocenters. The fourth-order valence-corrected chi connectivity index (χ4v) is 2.31. The van der Waals surface area contributed by atoms with Crippen molar-refractivity contribution in [3.63, 3.8) is 0 Å². The van der Waals surface area contributed by atoms with Crippen molar-refractivity contribution in [2.75, 3.05) is 0 Å². The van der Waals surface area contributed by atoms with Crippen molar-refractivity contribution in [3.05, 3.63) is 45.9 Å². The molecule has 0 spiro atoms. The molecular weight excluding hydrogens is 282 g/mol. The van der Waals surface area contributed by atoms with Crippen LogP contribution in [0.2, 0.25) is 0 Å². The third-order valence-corrected chi connectivity index (χ3v) is 3.60. The van der Waals surface area contributed by atoms with Gasteiger partial charge in [0.2, 0.25) is 5.82 Å². The quantitative estimate of drug-likeness (QED) is 0.541. The van der Waals surface area contributed by atoms with E-state index in [-0.39, 0.29) is 11.7 Å². The second kappa shape index (κ2) is 4.85. The van der Waals surface area contributed by atoms with Gasteiger partial charge < -0.3 is 4.52 Å². The molecule has 0 radical (unpaired) electrons. The Bertz CT molecular complexity index is 733. The first-order chi connectivity index (χ1) is 9.65. The summed E-state index contributed by atoms with van der Waals surface area (Å²) in [6, 6.07) is 3.42. The maximum absolute atomic E-state index is 10.6. The largest absolute Gasteiger partial charge is 0.337 e. The highest BCUT2D eigenvalue weighted by Crippen LogP contribution is 2.24. The molecule has 0 bridgehead atoms. The summed E-state index contributed by atoms with van der Waals surface area (Å²) in [7, 11) is 0. The van der Waals surface area contributed by atoms with E-state index >= 15 is 0 Å². The molecule has 9 heteroatoms. The predicted octanol–water partition coefficient (Wildman–Crippen LogP) is 2.51. The van der Waals surface area contributed by atoms with Gasteiger partial charge in [0.15, 0.2) is 0 Å². The maximum Gasteiger partial charge on any atom is 0.307 e. The van der Waals surface area contributed by atoms with Gasteiger partial charge in [-0.15, -0.1) is 11.3 Å². The minimum atomic E-state index is -0.499. The summed E-state index contributed by atoms with van der Waals surface area (Å²) in [4.78, 5) is 15.3. The monoisotopic (exact) mass is 291 g/mol. The molecule has 3 rings (SSSR count). The van der Waals surface area contributed by atoms with Crippen molar-refractivity contribution < 1.29 is 9.45 Å². The van der Waals surface area contributed by atoms with E-state index < -0.39 is 4.92 Å². The lowest BCUT2D eigenvalue weighted by atomic mass is 10.3. The van der Waals surface area contributed by atoms with Gasteiger partial charge in [-0.2, -0.15) is 10.1 Å². The third-order valence-electron chi connectivity index (χ3n) is 2.74. The molecule has 1 unspecified atom stereocenters. The summed E-state index contributed by atoms with van der Waals surface area (Å²) in [6.45, 7) is 1.78. The first kappa shape index (κ1) is 12.5. The number of rotatable bonds is 4. The van der Waals surface area contributed by atoms with Gasteiger partial charge in [0.1, 0.15) is 18.4 Å². The van der Waals surface area contributed by atoms with Crippen LogP contribution in [-0.2, 0) is 0 Å². The first-order valence-electron chi connectivity index (χ1n) is 5.71. The highest BCUT2D eigenvalue weighted by Gasteiger charge is 2.20. The Balaban J connectivity index is 1.86. The van der Waals surface area contributed by atoms with Gasteiger partial charge in [0.05, 0.1) is 9.80 Å². The number of aromatic nitrogens is 4. The summed E-state index contributed by atoms with van der Waals surface area (Å²) in [5.74, 6) is 0.856. The summed E-state index contributed by atoms with van der Waals surface area (Å²) < 4.78 is 6.61. The third kappa shape index (κ3) is 2.18. The molecule has 102 valence electrons. The van der Waals surface area contributed by atoms with E-state index in [9.17, 15) is 10.1 Å². The molecule has 0 aliphatic heterocycles. The topological polar surface area (TPSA) is 99.9 Å². The van der Waals surface area contributed by atoms with Gasteiger partial charge in [-0.1, -0.05) is 11.2 Å². The van der Waals surface area contributed by atoms with Crippen LogP contribution in [0.1, 0.15) is 18.9 Å². The second-order valence-corrected chi connectivity index (χ2v) is 4.99. The smallest absolute Gasteiger partial charge is 0.307 e. The molecule has 0 saturated carbocycles. The van der Waals surface area contributed by atoms with Crippen LogP contribution in [0.3, 0.4) is 0 Å². The van der Waals surface area contributed by atoms with Crippen LogP contribution in [0.15, 0.2) is 34.4 Å². The van der Waals surface area contributed by atoms with Gasteiger partial charge in [-0.05, 0) is 18.4 Å². The number of hydrogen-bond acceptors (Lipinski definition) is 7. The Kier molecular flexibility index (Phi) is 3.03. The summed E-state index contributed by atoms with van der Waals surface area (Å²) in [6.07, 6.45) is 2.52. The van der Waals surface area contributed by atoms with Crippen LogP contribution < -0.4 is 0 Å². The minimum absolute atomic E-state index is 0.0742. The highest BCUT2D eigenvalue weighted by atomic mass is 32.1. The lowest BCUT2D eigenvalue weighted by Crippen LogP contribution is -2.07. The van der Waals surface area contributed by atoms with Gasteiger partial charge in [0.25, 0.3) is 5.89 Å². The Morgan fingerprint density at radius 2 is 2.40 bits per heavy atom. The van der Waals surface area contributed by atoms with E-state index in [2.05, 4.69) is 15.2 Å². The van der Waals surface area contributed by atoms with Crippen molar-refractivity contribution in [1.29, 1.82) is 0 Å². The Labute approximate surface area is 116 Å². The van der Waals surface area contributed by atoms with Crippen LogP contribution in [0.25, 0.3) is 10.7 Å². The summed E-state index contributed by atoms with van der Waals surface area (Å²) >= 11 is 1.51. The average Bonchev–Trinajstić information content (AvgIpc) is 3.17. The van der Waals surface area contributed by atoms with E-state index in [0.29, 0.717) is 11.7 Å². The van der Waals surface area contributed by atoms with E-state index in [4.69, 9.17) is 4.52 Å². The van der Waals surface area contributed by atoms with Gasteiger partial charge in [-0.25, -0.2) is 0 Å². The average molecular weight is 291 g/mol. The molecule has 20 heavy (non-hydrogen) atoms. The molecule has 0 amide bonds. The van der Waals surface area contributed by atoms with Gasteiger partial charge >= 0.3 is 5.69 Å². The first-order valence-corrected chi connectivity index (χ1v) is 6.59. The Morgan fingerprint density at radius 1 is 1.55 bits per heavy atom.